The number of aliphatic carboxylic acids is 1. The van der Waals surface area contributed by atoms with Crippen LogP contribution in [-0.2, 0) is 27.1 Å². The Labute approximate surface area is 207 Å². The van der Waals surface area contributed by atoms with Gasteiger partial charge in [-0.25, -0.2) is 0 Å². The van der Waals surface area contributed by atoms with Crippen molar-refractivity contribution in [2.75, 3.05) is 0 Å². The number of aryl methyl sites for hydroxylation is 1. The van der Waals surface area contributed by atoms with Crippen molar-refractivity contribution in [2.45, 2.75) is 30.9 Å². The lowest BCUT2D eigenvalue weighted by Crippen LogP contribution is -2.19. The Balaban J connectivity index is 1.32. The minimum Gasteiger partial charge on any atom is -0.612 e. The number of hydrogen-bond donors (Lipinski definition) is 1. The summed E-state index contributed by atoms with van der Waals surface area (Å²) < 4.78 is 18.1. The highest BCUT2D eigenvalue weighted by atomic mass is 32.2. The van der Waals surface area contributed by atoms with Gasteiger partial charge in [0.05, 0.1) is 11.1 Å². The number of aromatic nitrogens is 1. The van der Waals surface area contributed by atoms with Gasteiger partial charge in [0.2, 0.25) is 0 Å². The van der Waals surface area contributed by atoms with E-state index in [1.54, 1.807) is 5.41 Å². The molecule has 176 valence electrons. The lowest BCUT2D eigenvalue weighted by molar-refractivity contribution is -0.140. The Morgan fingerprint density at radius 1 is 1.00 bits per heavy atom. The molecular formula is C29H25NO4S. The molecule has 1 atom stereocenters. The third kappa shape index (κ3) is 4.81. The van der Waals surface area contributed by atoms with Crippen LogP contribution in [0.15, 0.2) is 88.8 Å². The van der Waals surface area contributed by atoms with Crippen LogP contribution in [0.25, 0.3) is 28.5 Å². The van der Waals surface area contributed by atoms with Gasteiger partial charge < -0.3 is 14.2 Å². The van der Waals surface area contributed by atoms with Crippen molar-refractivity contribution in [3.63, 3.8) is 0 Å². The van der Waals surface area contributed by atoms with Gasteiger partial charge in [0.15, 0.2) is 5.76 Å². The summed E-state index contributed by atoms with van der Waals surface area (Å²) >= 11 is -1.15. The number of carboxylic acids is 1. The van der Waals surface area contributed by atoms with Crippen molar-refractivity contribution in [3.05, 3.63) is 107 Å². The summed E-state index contributed by atoms with van der Waals surface area (Å²) in [5, 5.41) is 15.3. The van der Waals surface area contributed by atoms with E-state index in [4.69, 9.17) is 4.52 Å². The van der Waals surface area contributed by atoms with Gasteiger partial charge in [0, 0.05) is 16.7 Å². The van der Waals surface area contributed by atoms with Crippen LogP contribution in [-0.4, -0.2) is 20.8 Å². The molecule has 6 heteroatoms. The average molecular weight is 484 g/mol. The molecule has 0 aliphatic heterocycles. The molecule has 1 saturated carbocycles. The molecule has 0 bridgehead atoms. The van der Waals surface area contributed by atoms with Gasteiger partial charge in [-0.05, 0) is 53.7 Å². The minimum atomic E-state index is -1.15. The van der Waals surface area contributed by atoms with Crippen molar-refractivity contribution >= 4 is 23.2 Å². The number of nitrogens with zero attached hydrogens (tertiary/aromatic N) is 1. The topological polar surface area (TPSA) is 86.4 Å². The quantitative estimate of drug-likeness (QED) is 0.295. The first kappa shape index (κ1) is 23.1. The Morgan fingerprint density at radius 2 is 1.60 bits per heavy atom. The molecule has 35 heavy (non-hydrogen) atoms. The standard InChI is InChI=1S/C29H25NO4S/c1-20-26(15-18-35(33)19-21-5-3-2-4-6-21)27(34-30-20)24-9-7-22(8-10-24)23-11-13-25(14-12-23)29(16-17-29)28(31)32/h2-15,18H,16-17,19H2,1H3,(H,31,32)/b18-15+. The van der Waals surface area contributed by atoms with Crippen LogP contribution in [0.1, 0.15) is 35.2 Å². The lowest BCUT2D eigenvalue weighted by atomic mass is 9.93. The monoisotopic (exact) mass is 483 g/mol. The van der Waals surface area contributed by atoms with E-state index in [0.29, 0.717) is 24.4 Å². The lowest BCUT2D eigenvalue weighted by Gasteiger charge is -2.11. The molecule has 1 aliphatic rings. The maximum atomic E-state index is 12.5. The number of hydrogen-bond acceptors (Lipinski definition) is 4. The third-order valence-corrected chi connectivity index (χ3v) is 7.58. The highest BCUT2D eigenvalue weighted by molar-refractivity contribution is 7.93. The van der Waals surface area contributed by atoms with Crippen LogP contribution in [0, 0.1) is 6.92 Å². The fourth-order valence-electron chi connectivity index (χ4n) is 4.26. The molecule has 5 nitrogen and oxygen atoms in total. The summed E-state index contributed by atoms with van der Waals surface area (Å²) in [6.45, 7) is 1.87. The van der Waals surface area contributed by atoms with Gasteiger partial charge >= 0.3 is 5.97 Å². The zero-order valence-electron chi connectivity index (χ0n) is 19.3. The number of carboxylic acid groups (broad SMARTS) is 1. The molecule has 0 spiro atoms. The van der Waals surface area contributed by atoms with Crippen LogP contribution in [0.2, 0.25) is 0 Å². The highest BCUT2D eigenvalue weighted by Crippen LogP contribution is 2.48. The predicted molar refractivity (Wildman–Crippen MR) is 138 cm³/mol. The van der Waals surface area contributed by atoms with Crippen LogP contribution >= 0.6 is 0 Å². The summed E-state index contributed by atoms with van der Waals surface area (Å²) in [6.07, 6.45) is 3.22. The highest BCUT2D eigenvalue weighted by Gasteiger charge is 2.51. The van der Waals surface area contributed by atoms with Gasteiger partial charge in [0.1, 0.15) is 11.2 Å². The van der Waals surface area contributed by atoms with Gasteiger partial charge in [-0.2, -0.15) is 0 Å². The first-order chi connectivity index (χ1) is 17.0. The largest absolute Gasteiger partial charge is 0.612 e. The molecule has 1 unspecified atom stereocenters. The molecule has 1 aromatic heterocycles. The SMILES string of the molecule is Cc1noc(-c2ccc(-c3ccc(C4(C(=O)O)CC4)cc3)cc2)c1/C=C/[S+]([O-])Cc1ccccc1. The second-order valence-electron chi connectivity index (χ2n) is 8.87. The minimum absolute atomic E-state index is 0.456. The second kappa shape index (κ2) is 9.56. The smallest absolute Gasteiger partial charge is 0.314 e. The molecule has 0 amide bonds. The van der Waals surface area contributed by atoms with Crippen molar-refractivity contribution in [1.29, 1.82) is 0 Å². The fraction of sp³-hybridized carbons (Fsp3) is 0.172. The van der Waals surface area contributed by atoms with E-state index >= 15 is 0 Å². The van der Waals surface area contributed by atoms with E-state index in [1.165, 1.54) is 0 Å². The number of rotatable bonds is 8. The van der Waals surface area contributed by atoms with Crippen LogP contribution in [0.3, 0.4) is 0 Å². The van der Waals surface area contributed by atoms with E-state index < -0.39 is 22.6 Å². The van der Waals surface area contributed by atoms with Crippen molar-refractivity contribution in [2.24, 2.45) is 0 Å². The molecule has 3 aromatic carbocycles. The molecule has 1 fully saturated rings. The summed E-state index contributed by atoms with van der Waals surface area (Å²) in [5.74, 6) is 0.345. The Hall–Kier alpha value is -3.61. The third-order valence-electron chi connectivity index (χ3n) is 6.52. The molecule has 5 rings (SSSR count). The molecule has 0 saturated heterocycles. The maximum absolute atomic E-state index is 12.5. The molecule has 1 N–H and O–H groups in total. The van der Waals surface area contributed by atoms with Crippen LogP contribution < -0.4 is 0 Å². The number of carbonyl (C=O) groups is 1. The van der Waals surface area contributed by atoms with Gasteiger partial charge in [0.25, 0.3) is 0 Å². The van der Waals surface area contributed by atoms with Crippen molar-refractivity contribution < 1.29 is 19.0 Å². The fourth-order valence-corrected chi connectivity index (χ4v) is 5.16. The van der Waals surface area contributed by atoms with Crippen molar-refractivity contribution in [1.82, 2.24) is 5.16 Å². The van der Waals surface area contributed by atoms with Gasteiger partial charge in [-0.1, -0.05) is 84.0 Å². The Bertz CT molecular complexity index is 1350. The van der Waals surface area contributed by atoms with E-state index in [9.17, 15) is 14.5 Å². The molecule has 1 aliphatic carbocycles. The Morgan fingerprint density at radius 3 is 2.20 bits per heavy atom. The first-order valence-electron chi connectivity index (χ1n) is 11.5. The zero-order valence-corrected chi connectivity index (χ0v) is 20.1. The molecule has 0 radical (unpaired) electrons. The van der Waals surface area contributed by atoms with Crippen molar-refractivity contribution in [3.8, 4) is 22.5 Å². The first-order valence-corrected chi connectivity index (χ1v) is 12.8. The summed E-state index contributed by atoms with van der Waals surface area (Å²) in [5.41, 5.74) is 5.67. The summed E-state index contributed by atoms with van der Waals surface area (Å²) in [4.78, 5) is 11.6. The van der Waals surface area contributed by atoms with Gasteiger partial charge in [-0.3, -0.25) is 4.79 Å². The second-order valence-corrected chi connectivity index (χ2v) is 10.2. The molecule has 4 aromatic rings. The van der Waals surface area contributed by atoms with E-state index in [0.717, 1.165) is 39.1 Å². The molecule has 1 heterocycles. The maximum Gasteiger partial charge on any atom is 0.314 e. The number of benzene rings is 3. The average Bonchev–Trinajstić information content (AvgIpc) is 3.62. The summed E-state index contributed by atoms with van der Waals surface area (Å²) in [7, 11) is 0. The predicted octanol–water partition coefficient (Wildman–Crippen LogP) is 6.35. The molecular weight excluding hydrogens is 458 g/mol. The van der Waals surface area contributed by atoms with E-state index in [-0.39, 0.29) is 0 Å². The van der Waals surface area contributed by atoms with Crippen LogP contribution in [0.4, 0.5) is 0 Å². The van der Waals surface area contributed by atoms with Gasteiger partial charge in [-0.15, -0.1) is 0 Å². The Kier molecular flexibility index (Phi) is 6.32. The zero-order chi connectivity index (χ0) is 24.4. The summed E-state index contributed by atoms with van der Waals surface area (Å²) in [6, 6.07) is 25.5. The van der Waals surface area contributed by atoms with E-state index in [2.05, 4.69) is 5.16 Å². The normalized spacial score (nSPS) is 15.3. The van der Waals surface area contributed by atoms with Crippen LogP contribution in [0.5, 0.6) is 0 Å². The van der Waals surface area contributed by atoms with E-state index in [1.807, 2.05) is 91.9 Å².